The first-order valence-corrected chi connectivity index (χ1v) is 6.09. The van der Waals surface area contributed by atoms with E-state index in [0.29, 0.717) is 0 Å². The highest BCUT2D eigenvalue weighted by Gasteiger charge is 2.04. The number of hydrogen-bond donors (Lipinski definition) is 1. The molecular weight excluding hydrogens is 224 g/mol. The molecule has 2 heteroatoms. The van der Waals surface area contributed by atoms with E-state index in [-0.39, 0.29) is 0 Å². The molecule has 2 aromatic carbocycles. The van der Waals surface area contributed by atoms with Crippen LogP contribution in [0.15, 0.2) is 48.5 Å². The number of methoxy groups -OCH3 is 1. The Morgan fingerprint density at radius 3 is 2.33 bits per heavy atom. The van der Waals surface area contributed by atoms with Crippen LogP contribution in [-0.4, -0.2) is 12.2 Å². The third-order valence-electron chi connectivity index (χ3n) is 3.05. The van der Waals surface area contributed by atoms with Crippen LogP contribution in [0.3, 0.4) is 0 Å². The van der Waals surface area contributed by atoms with E-state index >= 15 is 0 Å². The lowest BCUT2D eigenvalue weighted by Gasteiger charge is -2.09. The van der Waals surface area contributed by atoms with Crippen molar-refractivity contribution in [2.75, 3.05) is 7.11 Å². The van der Waals surface area contributed by atoms with E-state index in [4.69, 9.17) is 4.74 Å². The fourth-order valence-corrected chi connectivity index (χ4v) is 1.98. The van der Waals surface area contributed by atoms with Gasteiger partial charge in [-0.05, 0) is 29.7 Å². The first kappa shape index (κ1) is 12.7. The Balaban J connectivity index is 2.18. The fourth-order valence-electron chi connectivity index (χ4n) is 1.98. The molecule has 0 spiro atoms. The zero-order valence-electron chi connectivity index (χ0n) is 10.8. The number of aliphatic hydroxyl groups excluding tert-OH is 1. The molecule has 0 fully saturated rings. The van der Waals surface area contributed by atoms with Crippen LogP contribution < -0.4 is 4.74 Å². The molecule has 0 radical (unpaired) electrons. The molecule has 0 heterocycles. The highest BCUT2D eigenvalue weighted by atomic mass is 16.5. The average Bonchev–Trinajstić information content (AvgIpc) is 2.40. The number of ether oxygens (including phenoxy) is 1. The number of rotatable bonds is 4. The number of benzene rings is 2. The molecule has 1 unspecified atom stereocenters. The summed E-state index contributed by atoms with van der Waals surface area (Å²) in [6.45, 7) is 1.77. The Kier molecular flexibility index (Phi) is 4.00. The first-order valence-electron chi connectivity index (χ1n) is 6.09. The van der Waals surface area contributed by atoms with Gasteiger partial charge in [0, 0.05) is 6.42 Å². The maximum Gasteiger partial charge on any atom is 0.122 e. The molecule has 0 saturated heterocycles. The van der Waals surface area contributed by atoms with Gasteiger partial charge in [0.05, 0.1) is 13.2 Å². The molecule has 2 aromatic rings. The van der Waals surface area contributed by atoms with Crippen LogP contribution in [0.4, 0.5) is 0 Å². The van der Waals surface area contributed by atoms with Gasteiger partial charge in [0.1, 0.15) is 5.75 Å². The summed E-state index contributed by atoms with van der Waals surface area (Å²) in [4.78, 5) is 0. The Labute approximate surface area is 108 Å². The highest BCUT2D eigenvalue weighted by Crippen LogP contribution is 2.21. The summed E-state index contributed by atoms with van der Waals surface area (Å²) in [6.07, 6.45) is 0.426. The number of aliphatic hydroxyl groups is 1. The van der Waals surface area contributed by atoms with Gasteiger partial charge in [-0.1, -0.05) is 42.5 Å². The van der Waals surface area contributed by atoms with E-state index < -0.39 is 6.10 Å². The van der Waals surface area contributed by atoms with Crippen LogP contribution in [0, 0.1) is 0 Å². The monoisotopic (exact) mass is 242 g/mol. The summed E-state index contributed by atoms with van der Waals surface area (Å²) < 4.78 is 5.34. The molecule has 0 aliphatic carbocycles. The SMILES string of the molecule is COc1ccccc1Cc1ccc(C(C)O)cc1. The zero-order valence-corrected chi connectivity index (χ0v) is 10.8. The standard InChI is InChI=1S/C16H18O2/c1-12(17)14-9-7-13(8-10-14)11-15-5-3-4-6-16(15)18-2/h3-10,12,17H,11H2,1-2H3. The largest absolute Gasteiger partial charge is 0.496 e. The topological polar surface area (TPSA) is 29.5 Å². The van der Waals surface area contributed by atoms with Crippen molar-refractivity contribution in [1.29, 1.82) is 0 Å². The summed E-state index contributed by atoms with van der Waals surface area (Å²) in [5.41, 5.74) is 3.33. The molecule has 0 bridgehead atoms. The molecule has 1 N–H and O–H groups in total. The fraction of sp³-hybridized carbons (Fsp3) is 0.250. The molecule has 94 valence electrons. The minimum Gasteiger partial charge on any atom is -0.496 e. The predicted octanol–water partition coefficient (Wildman–Crippen LogP) is 3.34. The van der Waals surface area contributed by atoms with Gasteiger partial charge in [0.2, 0.25) is 0 Å². The van der Waals surface area contributed by atoms with Crippen LogP contribution in [0.25, 0.3) is 0 Å². The van der Waals surface area contributed by atoms with Gasteiger partial charge < -0.3 is 9.84 Å². The Morgan fingerprint density at radius 1 is 1.06 bits per heavy atom. The molecule has 0 amide bonds. The van der Waals surface area contributed by atoms with Crippen LogP contribution in [0.2, 0.25) is 0 Å². The van der Waals surface area contributed by atoms with Gasteiger partial charge in [0.25, 0.3) is 0 Å². The van der Waals surface area contributed by atoms with Gasteiger partial charge in [-0.25, -0.2) is 0 Å². The van der Waals surface area contributed by atoms with E-state index in [9.17, 15) is 5.11 Å². The molecule has 2 rings (SSSR count). The Hall–Kier alpha value is -1.80. The first-order chi connectivity index (χ1) is 8.70. The molecule has 18 heavy (non-hydrogen) atoms. The van der Waals surface area contributed by atoms with Crippen molar-refractivity contribution in [3.8, 4) is 5.75 Å². The van der Waals surface area contributed by atoms with Crippen LogP contribution in [0.1, 0.15) is 29.7 Å². The zero-order chi connectivity index (χ0) is 13.0. The maximum absolute atomic E-state index is 9.47. The van der Waals surface area contributed by atoms with Crippen molar-refractivity contribution in [1.82, 2.24) is 0 Å². The van der Waals surface area contributed by atoms with E-state index in [1.807, 2.05) is 30.3 Å². The second kappa shape index (κ2) is 5.69. The van der Waals surface area contributed by atoms with Crippen molar-refractivity contribution >= 4 is 0 Å². The molecule has 0 saturated carbocycles. The minimum absolute atomic E-state index is 0.412. The summed E-state index contributed by atoms with van der Waals surface area (Å²) in [6, 6.07) is 16.1. The maximum atomic E-state index is 9.47. The third-order valence-corrected chi connectivity index (χ3v) is 3.05. The van der Waals surface area contributed by atoms with Crippen LogP contribution in [-0.2, 0) is 6.42 Å². The average molecular weight is 242 g/mol. The van der Waals surface area contributed by atoms with Crippen molar-refractivity contribution < 1.29 is 9.84 Å². The Morgan fingerprint density at radius 2 is 1.72 bits per heavy atom. The smallest absolute Gasteiger partial charge is 0.122 e. The lowest BCUT2D eigenvalue weighted by atomic mass is 10.0. The number of hydrogen-bond acceptors (Lipinski definition) is 2. The third kappa shape index (κ3) is 2.90. The van der Waals surface area contributed by atoms with Crippen molar-refractivity contribution in [3.63, 3.8) is 0 Å². The van der Waals surface area contributed by atoms with Crippen LogP contribution >= 0.6 is 0 Å². The Bertz CT molecular complexity index is 501. The molecule has 1 atom stereocenters. The van der Waals surface area contributed by atoms with E-state index in [1.54, 1.807) is 14.0 Å². The second-order valence-corrected chi connectivity index (χ2v) is 4.41. The summed E-state index contributed by atoms with van der Waals surface area (Å²) in [7, 11) is 1.69. The summed E-state index contributed by atoms with van der Waals surface area (Å²) in [5, 5.41) is 9.47. The second-order valence-electron chi connectivity index (χ2n) is 4.41. The van der Waals surface area contributed by atoms with Crippen LogP contribution in [0.5, 0.6) is 5.75 Å². The van der Waals surface area contributed by atoms with Crippen molar-refractivity contribution in [2.24, 2.45) is 0 Å². The molecule has 0 aliphatic rings. The summed E-state index contributed by atoms with van der Waals surface area (Å²) in [5.74, 6) is 0.914. The predicted molar refractivity (Wildman–Crippen MR) is 72.9 cm³/mol. The van der Waals surface area contributed by atoms with Gasteiger partial charge in [-0.2, -0.15) is 0 Å². The number of para-hydroxylation sites is 1. The van der Waals surface area contributed by atoms with Crippen molar-refractivity contribution in [2.45, 2.75) is 19.4 Å². The lowest BCUT2D eigenvalue weighted by molar-refractivity contribution is 0.199. The normalized spacial score (nSPS) is 12.2. The summed E-state index contributed by atoms with van der Waals surface area (Å²) >= 11 is 0. The highest BCUT2D eigenvalue weighted by molar-refractivity contribution is 5.38. The molecule has 2 nitrogen and oxygen atoms in total. The van der Waals surface area contributed by atoms with E-state index in [2.05, 4.69) is 18.2 Å². The van der Waals surface area contributed by atoms with E-state index in [1.165, 1.54) is 11.1 Å². The van der Waals surface area contributed by atoms with Gasteiger partial charge in [0.15, 0.2) is 0 Å². The van der Waals surface area contributed by atoms with Gasteiger partial charge >= 0.3 is 0 Å². The minimum atomic E-state index is -0.412. The quantitative estimate of drug-likeness (QED) is 0.891. The molecule has 0 aromatic heterocycles. The van der Waals surface area contributed by atoms with Gasteiger partial charge in [-0.15, -0.1) is 0 Å². The van der Waals surface area contributed by atoms with E-state index in [0.717, 1.165) is 17.7 Å². The molecular formula is C16H18O2. The lowest BCUT2D eigenvalue weighted by Crippen LogP contribution is -1.95. The van der Waals surface area contributed by atoms with Gasteiger partial charge in [-0.3, -0.25) is 0 Å². The molecule has 0 aliphatic heterocycles. The van der Waals surface area contributed by atoms with Crippen molar-refractivity contribution in [3.05, 3.63) is 65.2 Å².